The van der Waals surface area contributed by atoms with Gasteiger partial charge in [0.05, 0.1) is 22.1 Å². The summed E-state index contributed by atoms with van der Waals surface area (Å²) in [6, 6.07) is 21.5. The average molecular weight is 518 g/mol. The number of thioether (sulfide) groups is 1. The Morgan fingerprint density at radius 2 is 1.68 bits per heavy atom. The van der Waals surface area contributed by atoms with Gasteiger partial charge in [0.25, 0.3) is 17.2 Å². The molecule has 188 valence electrons. The van der Waals surface area contributed by atoms with Crippen LogP contribution in [0.3, 0.4) is 0 Å². The standard InChI is InChI=1S/C26H23N5O5S/c1-17-24(26(34)30(29(17)2)20-8-4-3-5-9-20)28-23(32)16-37-22-13-11-19(12-14-22)27-25(33)18-7-6-10-21(15-18)31(35)36/h3-15H,16H2,1-2H3,(H,27,33)(H,28,32). The van der Waals surface area contributed by atoms with E-state index < -0.39 is 10.8 Å². The Hall–Kier alpha value is -4.64. The summed E-state index contributed by atoms with van der Waals surface area (Å²) < 4.78 is 3.19. The molecule has 4 aromatic rings. The molecule has 0 saturated heterocycles. The Morgan fingerprint density at radius 3 is 2.35 bits per heavy atom. The number of amides is 2. The molecule has 0 aliphatic heterocycles. The zero-order valence-electron chi connectivity index (χ0n) is 20.0. The van der Waals surface area contributed by atoms with Gasteiger partial charge in [-0.05, 0) is 49.4 Å². The van der Waals surface area contributed by atoms with E-state index in [1.807, 2.05) is 30.3 Å². The van der Waals surface area contributed by atoms with Gasteiger partial charge in [-0.3, -0.25) is 29.2 Å². The van der Waals surface area contributed by atoms with E-state index >= 15 is 0 Å². The van der Waals surface area contributed by atoms with Crippen LogP contribution in [0.4, 0.5) is 17.1 Å². The van der Waals surface area contributed by atoms with Crippen LogP contribution in [0.15, 0.2) is 88.6 Å². The molecule has 0 aliphatic carbocycles. The molecule has 1 heterocycles. The van der Waals surface area contributed by atoms with Crippen molar-refractivity contribution in [2.45, 2.75) is 11.8 Å². The van der Waals surface area contributed by atoms with Crippen LogP contribution < -0.4 is 16.2 Å². The first kappa shape index (κ1) is 25.5. The number of carbonyl (C=O) groups is 2. The third-order valence-corrected chi connectivity index (χ3v) is 6.63. The topological polar surface area (TPSA) is 128 Å². The van der Waals surface area contributed by atoms with E-state index in [0.29, 0.717) is 17.1 Å². The van der Waals surface area contributed by atoms with E-state index in [2.05, 4.69) is 10.6 Å². The van der Waals surface area contributed by atoms with Crippen LogP contribution in [-0.2, 0) is 11.8 Å². The third-order valence-electron chi connectivity index (χ3n) is 5.62. The molecule has 0 aliphatic rings. The monoisotopic (exact) mass is 517 g/mol. The maximum absolute atomic E-state index is 13.0. The van der Waals surface area contributed by atoms with Crippen molar-refractivity contribution in [2.24, 2.45) is 7.05 Å². The number of aromatic nitrogens is 2. The molecule has 1 aromatic heterocycles. The molecule has 37 heavy (non-hydrogen) atoms. The number of benzene rings is 3. The second-order valence-corrected chi connectivity index (χ2v) is 9.11. The van der Waals surface area contributed by atoms with Gasteiger partial charge in [-0.25, -0.2) is 4.68 Å². The Balaban J connectivity index is 1.36. The van der Waals surface area contributed by atoms with Crippen LogP contribution >= 0.6 is 11.8 Å². The fourth-order valence-electron chi connectivity index (χ4n) is 3.64. The summed E-state index contributed by atoms with van der Waals surface area (Å²) in [5.41, 5.74) is 1.77. The van der Waals surface area contributed by atoms with Crippen molar-refractivity contribution in [1.82, 2.24) is 9.36 Å². The minimum absolute atomic E-state index is 0.0818. The number of nitrogens with one attached hydrogen (secondary N) is 2. The lowest BCUT2D eigenvalue weighted by molar-refractivity contribution is -0.384. The van der Waals surface area contributed by atoms with Gasteiger partial charge < -0.3 is 10.6 Å². The number of para-hydroxylation sites is 1. The Kier molecular flexibility index (Phi) is 7.54. The molecule has 4 rings (SSSR count). The molecule has 0 radical (unpaired) electrons. The highest BCUT2D eigenvalue weighted by Crippen LogP contribution is 2.22. The first-order valence-corrected chi connectivity index (χ1v) is 12.2. The number of carbonyl (C=O) groups excluding carboxylic acids is 2. The van der Waals surface area contributed by atoms with Crippen molar-refractivity contribution >= 4 is 40.6 Å². The van der Waals surface area contributed by atoms with Gasteiger partial charge in [0.15, 0.2) is 0 Å². The van der Waals surface area contributed by atoms with E-state index in [9.17, 15) is 24.5 Å². The summed E-state index contributed by atoms with van der Waals surface area (Å²) in [6.45, 7) is 1.77. The quantitative estimate of drug-likeness (QED) is 0.203. The Bertz CT molecular complexity index is 1530. The average Bonchev–Trinajstić information content (AvgIpc) is 3.11. The van der Waals surface area contributed by atoms with Crippen molar-refractivity contribution in [3.05, 3.63) is 111 Å². The first-order valence-electron chi connectivity index (χ1n) is 11.2. The highest BCUT2D eigenvalue weighted by molar-refractivity contribution is 8.00. The number of nitro benzene ring substituents is 1. The van der Waals surface area contributed by atoms with Gasteiger partial charge in [0, 0.05) is 35.3 Å². The van der Waals surface area contributed by atoms with Gasteiger partial charge in [-0.2, -0.15) is 0 Å². The number of non-ortho nitro benzene ring substituents is 1. The van der Waals surface area contributed by atoms with Crippen molar-refractivity contribution in [1.29, 1.82) is 0 Å². The van der Waals surface area contributed by atoms with Gasteiger partial charge in [0.2, 0.25) is 5.91 Å². The molecule has 0 spiro atoms. The minimum Gasteiger partial charge on any atom is -0.322 e. The molecule has 2 amide bonds. The van der Waals surface area contributed by atoms with E-state index in [0.717, 1.165) is 4.90 Å². The molecule has 10 nitrogen and oxygen atoms in total. The van der Waals surface area contributed by atoms with Crippen LogP contribution in [0.2, 0.25) is 0 Å². The molecule has 2 N–H and O–H groups in total. The summed E-state index contributed by atoms with van der Waals surface area (Å²) in [5.74, 6) is -0.708. The van der Waals surface area contributed by atoms with E-state index in [1.165, 1.54) is 40.7 Å². The third kappa shape index (κ3) is 5.78. The zero-order chi connectivity index (χ0) is 26.5. The number of rotatable bonds is 8. The van der Waals surface area contributed by atoms with Crippen molar-refractivity contribution in [2.75, 3.05) is 16.4 Å². The summed E-state index contributed by atoms with van der Waals surface area (Å²) >= 11 is 1.28. The van der Waals surface area contributed by atoms with Crippen molar-refractivity contribution < 1.29 is 14.5 Å². The molecule has 3 aromatic carbocycles. The van der Waals surface area contributed by atoms with Gasteiger partial charge in [0.1, 0.15) is 5.69 Å². The SMILES string of the molecule is Cc1c(NC(=O)CSc2ccc(NC(=O)c3cccc([N+](=O)[O-])c3)cc2)c(=O)n(-c2ccccc2)n1C. The molecule has 11 heteroatoms. The molecule has 0 atom stereocenters. The predicted molar refractivity (Wildman–Crippen MR) is 143 cm³/mol. The maximum Gasteiger partial charge on any atom is 0.295 e. The van der Waals surface area contributed by atoms with Crippen LogP contribution in [0.25, 0.3) is 5.69 Å². The van der Waals surface area contributed by atoms with Crippen LogP contribution in [-0.4, -0.2) is 31.9 Å². The summed E-state index contributed by atoms with van der Waals surface area (Å²) in [4.78, 5) is 49.1. The van der Waals surface area contributed by atoms with Crippen LogP contribution in [0.1, 0.15) is 16.1 Å². The molecular weight excluding hydrogens is 494 g/mol. The number of hydrogen-bond donors (Lipinski definition) is 2. The number of hydrogen-bond acceptors (Lipinski definition) is 6. The summed E-state index contributed by atoms with van der Waals surface area (Å²) in [5, 5.41) is 16.3. The van der Waals surface area contributed by atoms with Crippen molar-refractivity contribution in [3.63, 3.8) is 0 Å². The highest BCUT2D eigenvalue weighted by Gasteiger charge is 2.18. The second-order valence-electron chi connectivity index (χ2n) is 8.06. The maximum atomic E-state index is 13.0. The van der Waals surface area contributed by atoms with E-state index in [-0.39, 0.29) is 34.2 Å². The molecule has 0 fully saturated rings. The van der Waals surface area contributed by atoms with Crippen LogP contribution in [0, 0.1) is 17.0 Å². The lowest BCUT2D eigenvalue weighted by Gasteiger charge is -2.07. The first-order chi connectivity index (χ1) is 17.7. The summed E-state index contributed by atoms with van der Waals surface area (Å²) in [6.07, 6.45) is 0. The highest BCUT2D eigenvalue weighted by atomic mass is 32.2. The molecule has 0 saturated carbocycles. The predicted octanol–water partition coefficient (Wildman–Crippen LogP) is 4.38. The van der Waals surface area contributed by atoms with E-state index in [1.54, 1.807) is 42.9 Å². The molecule has 0 bridgehead atoms. The second kappa shape index (κ2) is 11.0. The Labute approximate surface area is 216 Å². The van der Waals surface area contributed by atoms with Gasteiger partial charge in [-0.15, -0.1) is 11.8 Å². The smallest absolute Gasteiger partial charge is 0.295 e. The molecule has 0 unspecified atom stereocenters. The zero-order valence-corrected chi connectivity index (χ0v) is 20.8. The lowest BCUT2D eigenvalue weighted by atomic mass is 10.2. The Morgan fingerprint density at radius 1 is 0.973 bits per heavy atom. The number of nitrogens with zero attached hydrogens (tertiary/aromatic N) is 3. The molecular formula is C26H23N5O5S. The minimum atomic E-state index is -0.559. The normalized spacial score (nSPS) is 10.6. The van der Waals surface area contributed by atoms with E-state index in [4.69, 9.17) is 0 Å². The van der Waals surface area contributed by atoms with Crippen LogP contribution in [0.5, 0.6) is 0 Å². The van der Waals surface area contributed by atoms with Crippen molar-refractivity contribution in [3.8, 4) is 5.69 Å². The number of anilines is 2. The largest absolute Gasteiger partial charge is 0.322 e. The van der Waals surface area contributed by atoms with Gasteiger partial charge in [-0.1, -0.05) is 24.3 Å². The fraction of sp³-hybridized carbons (Fsp3) is 0.115. The lowest BCUT2D eigenvalue weighted by Crippen LogP contribution is -2.23. The van der Waals surface area contributed by atoms with Gasteiger partial charge >= 0.3 is 0 Å². The summed E-state index contributed by atoms with van der Waals surface area (Å²) in [7, 11) is 1.76. The fourth-order valence-corrected chi connectivity index (χ4v) is 4.33. The number of nitro groups is 1.